The normalized spacial score (nSPS) is 23.7. The van der Waals surface area contributed by atoms with Crippen molar-refractivity contribution in [1.29, 1.82) is 0 Å². The second-order valence-electron chi connectivity index (χ2n) is 5.27. The fourth-order valence-corrected chi connectivity index (χ4v) is 2.23. The Labute approximate surface area is 110 Å². The molecule has 18 heavy (non-hydrogen) atoms. The number of ether oxygens (including phenoxy) is 2. The maximum absolute atomic E-state index is 11.7. The molecule has 1 aliphatic heterocycles. The van der Waals surface area contributed by atoms with E-state index in [0.29, 0.717) is 6.04 Å². The fraction of sp³-hybridized carbons (Fsp3) is 0.923. The molecule has 1 heterocycles. The van der Waals surface area contributed by atoms with Crippen LogP contribution in [0.15, 0.2) is 0 Å². The molecule has 5 heteroatoms. The van der Waals surface area contributed by atoms with Crippen LogP contribution in [-0.2, 0) is 14.3 Å². The molecule has 0 saturated carbocycles. The van der Waals surface area contributed by atoms with Crippen LogP contribution < -0.4 is 10.6 Å². The maximum atomic E-state index is 11.7. The van der Waals surface area contributed by atoms with Crippen molar-refractivity contribution in [2.45, 2.75) is 45.3 Å². The van der Waals surface area contributed by atoms with Crippen LogP contribution in [0.3, 0.4) is 0 Å². The summed E-state index contributed by atoms with van der Waals surface area (Å²) in [6, 6.07) is 0.372. The molecule has 0 amide bonds. The molecule has 3 atom stereocenters. The smallest absolute Gasteiger partial charge is 0.323 e. The van der Waals surface area contributed by atoms with Crippen molar-refractivity contribution in [3.63, 3.8) is 0 Å². The fourth-order valence-electron chi connectivity index (χ4n) is 2.23. The zero-order valence-electron chi connectivity index (χ0n) is 11.9. The molecule has 1 rings (SSSR count). The minimum atomic E-state index is -0.241. The molecule has 0 aromatic heterocycles. The van der Waals surface area contributed by atoms with Crippen LogP contribution in [0.4, 0.5) is 0 Å². The van der Waals surface area contributed by atoms with Crippen LogP contribution in [0.2, 0.25) is 0 Å². The predicted octanol–water partition coefficient (Wildman–Crippen LogP) is 0.541. The van der Waals surface area contributed by atoms with E-state index < -0.39 is 0 Å². The van der Waals surface area contributed by atoms with Crippen LogP contribution in [-0.4, -0.2) is 51.0 Å². The van der Waals surface area contributed by atoms with E-state index in [1.54, 1.807) is 0 Å². The van der Waals surface area contributed by atoms with E-state index in [1.165, 1.54) is 7.11 Å². The molecular weight excluding hydrogens is 232 g/mol. The van der Waals surface area contributed by atoms with E-state index in [4.69, 9.17) is 9.47 Å². The van der Waals surface area contributed by atoms with Gasteiger partial charge in [0.1, 0.15) is 6.04 Å². The lowest BCUT2D eigenvalue weighted by Gasteiger charge is -2.29. The Bertz CT molecular complexity index is 253. The van der Waals surface area contributed by atoms with Crippen LogP contribution in [0.1, 0.15) is 27.2 Å². The van der Waals surface area contributed by atoms with Crippen molar-refractivity contribution in [1.82, 2.24) is 10.6 Å². The molecule has 2 unspecified atom stereocenters. The topological polar surface area (TPSA) is 59.6 Å². The first kappa shape index (κ1) is 15.4. The largest absolute Gasteiger partial charge is 0.468 e. The van der Waals surface area contributed by atoms with Crippen LogP contribution in [0, 0.1) is 5.92 Å². The maximum Gasteiger partial charge on any atom is 0.323 e. The Hall–Kier alpha value is -0.650. The summed E-state index contributed by atoms with van der Waals surface area (Å²) >= 11 is 0. The third-order valence-corrected chi connectivity index (χ3v) is 3.22. The van der Waals surface area contributed by atoms with Crippen molar-refractivity contribution < 1.29 is 14.3 Å². The molecule has 0 aliphatic carbocycles. The van der Waals surface area contributed by atoms with E-state index in [1.807, 2.05) is 13.8 Å². The zero-order valence-corrected chi connectivity index (χ0v) is 11.9. The number of rotatable bonds is 6. The molecule has 1 aliphatic rings. The average Bonchev–Trinajstić information content (AvgIpc) is 2.36. The number of morpholine rings is 1. The van der Waals surface area contributed by atoms with E-state index >= 15 is 0 Å². The van der Waals surface area contributed by atoms with Gasteiger partial charge in [0, 0.05) is 18.6 Å². The second-order valence-corrected chi connectivity index (χ2v) is 5.27. The van der Waals surface area contributed by atoms with E-state index in [-0.39, 0.29) is 24.0 Å². The van der Waals surface area contributed by atoms with Gasteiger partial charge < -0.3 is 20.1 Å². The van der Waals surface area contributed by atoms with Crippen LogP contribution in [0.5, 0.6) is 0 Å². The lowest BCUT2D eigenvalue weighted by atomic mass is 10.0. The predicted molar refractivity (Wildman–Crippen MR) is 70.5 cm³/mol. The minimum Gasteiger partial charge on any atom is -0.468 e. The minimum absolute atomic E-state index is 0.190. The van der Waals surface area contributed by atoms with Gasteiger partial charge in [-0.2, -0.15) is 0 Å². The molecule has 106 valence electrons. The quantitative estimate of drug-likeness (QED) is 0.681. The second kappa shape index (κ2) is 7.71. The van der Waals surface area contributed by atoms with Gasteiger partial charge in [-0.05, 0) is 19.3 Å². The Morgan fingerprint density at radius 2 is 2.22 bits per heavy atom. The van der Waals surface area contributed by atoms with E-state index in [9.17, 15) is 4.79 Å². The first-order valence-corrected chi connectivity index (χ1v) is 6.69. The van der Waals surface area contributed by atoms with E-state index in [2.05, 4.69) is 17.6 Å². The lowest BCUT2D eigenvalue weighted by Crippen LogP contribution is -2.50. The Kier molecular flexibility index (Phi) is 6.60. The van der Waals surface area contributed by atoms with Gasteiger partial charge in [0.05, 0.1) is 20.3 Å². The molecular formula is C13H26N2O3. The first-order valence-electron chi connectivity index (χ1n) is 6.69. The first-order chi connectivity index (χ1) is 8.54. The number of carbonyl (C=O) groups is 1. The van der Waals surface area contributed by atoms with Crippen molar-refractivity contribution in [2.24, 2.45) is 5.92 Å². The summed E-state index contributed by atoms with van der Waals surface area (Å²) in [5.41, 5.74) is 0. The number of carbonyl (C=O) groups excluding carboxylic acids is 1. The highest BCUT2D eigenvalue weighted by atomic mass is 16.5. The van der Waals surface area contributed by atoms with Gasteiger partial charge >= 0.3 is 5.97 Å². The average molecular weight is 258 g/mol. The summed E-state index contributed by atoms with van der Waals surface area (Å²) in [5.74, 6) is 0.0279. The molecule has 0 aromatic rings. The SMILES string of the molecule is COC(=O)[C@@H](NC(C)CC1COCCN1)C(C)C. The van der Waals surface area contributed by atoms with Crippen LogP contribution in [0.25, 0.3) is 0 Å². The summed E-state index contributed by atoms with van der Waals surface area (Å²) in [6.45, 7) is 8.56. The standard InChI is InChI=1S/C13H26N2O3/c1-9(2)12(13(16)17-4)15-10(3)7-11-8-18-6-5-14-11/h9-12,14-15H,5-8H2,1-4H3/t10?,11?,12-/m0/s1. The van der Waals surface area contributed by atoms with Crippen molar-refractivity contribution in [3.8, 4) is 0 Å². The number of nitrogens with one attached hydrogen (secondary N) is 2. The van der Waals surface area contributed by atoms with Crippen molar-refractivity contribution in [2.75, 3.05) is 26.9 Å². The Morgan fingerprint density at radius 3 is 2.72 bits per heavy atom. The van der Waals surface area contributed by atoms with Gasteiger partial charge in [-0.1, -0.05) is 13.8 Å². The van der Waals surface area contributed by atoms with Gasteiger partial charge in [-0.15, -0.1) is 0 Å². The van der Waals surface area contributed by atoms with Crippen molar-refractivity contribution >= 4 is 5.97 Å². The Morgan fingerprint density at radius 1 is 1.50 bits per heavy atom. The summed E-state index contributed by atoms with van der Waals surface area (Å²) < 4.78 is 10.2. The van der Waals surface area contributed by atoms with E-state index in [0.717, 1.165) is 26.2 Å². The van der Waals surface area contributed by atoms with Gasteiger partial charge in [-0.3, -0.25) is 4.79 Å². The summed E-state index contributed by atoms with van der Waals surface area (Å²) in [5, 5.41) is 6.76. The molecule has 5 nitrogen and oxygen atoms in total. The van der Waals surface area contributed by atoms with Crippen LogP contribution >= 0.6 is 0 Å². The number of hydrogen-bond acceptors (Lipinski definition) is 5. The number of esters is 1. The monoisotopic (exact) mass is 258 g/mol. The highest BCUT2D eigenvalue weighted by molar-refractivity contribution is 5.75. The summed E-state index contributed by atoms with van der Waals surface area (Å²) in [6.07, 6.45) is 0.945. The third kappa shape index (κ3) is 4.92. The zero-order chi connectivity index (χ0) is 13.5. The van der Waals surface area contributed by atoms with Gasteiger partial charge in [-0.25, -0.2) is 0 Å². The molecule has 1 saturated heterocycles. The Balaban J connectivity index is 2.40. The molecule has 0 spiro atoms. The lowest BCUT2D eigenvalue weighted by molar-refractivity contribution is -0.144. The third-order valence-electron chi connectivity index (χ3n) is 3.22. The molecule has 0 aromatic carbocycles. The molecule has 2 N–H and O–H groups in total. The van der Waals surface area contributed by atoms with Gasteiger partial charge in [0.25, 0.3) is 0 Å². The molecule has 0 bridgehead atoms. The molecule has 1 fully saturated rings. The highest BCUT2D eigenvalue weighted by Crippen LogP contribution is 2.08. The number of hydrogen-bond donors (Lipinski definition) is 2. The highest BCUT2D eigenvalue weighted by Gasteiger charge is 2.25. The van der Waals surface area contributed by atoms with Gasteiger partial charge in [0.2, 0.25) is 0 Å². The van der Waals surface area contributed by atoms with Crippen molar-refractivity contribution in [3.05, 3.63) is 0 Å². The number of methoxy groups -OCH3 is 1. The summed E-state index contributed by atoms with van der Waals surface area (Å²) in [7, 11) is 1.43. The molecule has 0 radical (unpaired) electrons. The van der Waals surface area contributed by atoms with Gasteiger partial charge in [0.15, 0.2) is 0 Å². The summed E-state index contributed by atoms with van der Waals surface area (Å²) in [4.78, 5) is 11.7.